The van der Waals surface area contributed by atoms with Gasteiger partial charge in [0.15, 0.2) is 0 Å². The number of hydrogen-bond donors (Lipinski definition) is 1. The first kappa shape index (κ1) is 16.3. The maximum absolute atomic E-state index is 5.88. The van der Waals surface area contributed by atoms with Crippen LogP contribution in [0.5, 0.6) is 0 Å². The lowest BCUT2D eigenvalue weighted by atomic mass is 9.73. The number of rotatable bonds is 6. The number of morpholine rings is 1. The molecule has 0 radical (unpaired) electrons. The normalized spacial score (nSPS) is 31.4. The van der Waals surface area contributed by atoms with Crippen molar-refractivity contribution in [1.29, 1.82) is 0 Å². The Morgan fingerprint density at radius 2 is 1.75 bits per heavy atom. The first-order valence-electron chi connectivity index (χ1n) is 8.72. The highest BCUT2D eigenvalue weighted by Gasteiger charge is 2.35. The second-order valence-corrected chi connectivity index (χ2v) is 7.19. The van der Waals surface area contributed by atoms with Gasteiger partial charge in [0.05, 0.1) is 12.2 Å². The minimum Gasteiger partial charge on any atom is -0.373 e. The Bertz CT molecular complexity index is 266. The van der Waals surface area contributed by atoms with Gasteiger partial charge in [-0.1, -0.05) is 26.2 Å². The van der Waals surface area contributed by atoms with Crippen molar-refractivity contribution >= 4 is 0 Å². The first-order chi connectivity index (χ1) is 9.63. The molecule has 2 atom stereocenters. The summed E-state index contributed by atoms with van der Waals surface area (Å²) in [6.07, 6.45) is 9.11. The molecule has 1 aliphatic carbocycles. The monoisotopic (exact) mass is 282 g/mol. The largest absolute Gasteiger partial charge is 0.373 e. The van der Waals surface area contributed by atoms with Crippen LogP contribution in [0.2, 0.25) is 0 Å². The van der Waals surface area contributed by atoms with E-state index in [4.69, 9.17) is 4.74 Å². The van der Waals surface area contributed by atoms with Gasteiger partial charge in [0.25, 0.3) is 0 Å². The van der Waals surface area contributed by atoms with Crippen molar-refractivity contribution in [3.8, 4) is 0 Å². The molecular weight excluding hydrogens is 248 g/mol. The fourth-order valence-corrected chi connectivity index (χ4v) is 4.11. The zero-order valence-corrected chi connectivity index (χ0v) is 13.8. The molecule has 1 heterocycles. The van der Waals surface area contributed by atoms with Crippen molar-refractivity contribution < 1.29 is 4.74 Å². The molecule has 0 amide bonds. The van der Waals surface area contributed by atoms with Gasteiger partial charge in [0.1, 0.15) is 0 Å². The van der Waals surface area contributed by atoms with E-state index in [1.54, 1.807) is 0 Å². The zero-order valence-electron chi connectivity index (χ0n) is 13.8. The first-order valence-corrected chi connectivity index (χ1v) is 8.72. The van der Waals surface area contributed by atoms with Crippen LogP contribution in [0, 0.1) is 5.41 Å². The van der Waals surface area contributed by atoms with Gasteiger partial charge in [-0.3, -0.25) is 4.90 Å². The third kappa shape index (κ3) is 4.71. The van der Waals surface area contributed by atoms with Gasteiger partial charge in [-0.05, 0) is 45.1 Å². The maximum Gasteiger partial charge on any atom is 0.0678 e. The summed E-state index contributed by atoms with van der Waals surface area (Å²) in [6, 6.07) is 0. The summed E-state index contributed by atoms with van der Waals surface area (Å²) >= 11 is 0. The Labute approximate surface area is 125 Å². The van der Waals surface area contributed by atoms with E-state index in [1.165, 1.54) is 51.6 Å². The molecule has 1 N–H and O–H groups in total. The molecule has 1 saturated carbocycles. The number of nitrogens with zero attached hydrogens (tertiary/aromatic N) is 1. The third-order valence-electron chi connectivity index (χ3n) is 4.90. The highest BCUT2D eigenvalue weighted by atomic mass is 16.5. The average molecular weight is 282 g/mol. The van der Waals surface area contributed by atoms with E-state index in [1.807, 2.05) is 0 Å². The number of ether oxygens (including phenoxy) is 1. The van der Waals surface area contributed by atoms with Crippen molar-refractivity contribution in [2.24, 2.45) is 5.41 Å². The lowest BCUT2D eigenvalue weighted by Gasteiger charge is -2.44. The fraction of sp³-hybridized carbons (Fsp3) is 1.00. The van der Waals surface area contributed by atoms with Crippen molar-refractivity contribution in [3.05, 3.63) is 0 Å². The Kier molecular flexibility index (Phi) is 6.31. The van der Waals surface area contributed by atoms with Crippen LogP contribution in [0.25, 0.3) is 0 Å². The Hall–Kier alpha value is -0.120. The molecule has 0 aromatic rings. The van der Waals surface area contributed by atoms with Crippen LogP contribution in [0.15, 0.2) is 0 Å². The van der Waals surface area contributed by atoms with E-state index in [0.717, 1.165) is 19.6 Å². The summed E-state index contributed by atoms with van der Waals surface area (Å²) in [5, 5.41) is 3.70. The molecule has 3 nitrogen and oxygen atoms in total. The van der Waals surface area contributed by atoms with Gasteiger partial charge in [0, 0.05) is 26.2 Å². The molecule has 1 saturated heterocycles. The van der Waals surface area contributed by atoms with E-state index in [9.17, 15) is 0 Å². The van der Waals surface area contributed by atoms with Crippen LogP contribution >= 0.6 is 0 Å². The summed E-state index contributed by atoms with van der Waals surface area (Å²) in [4.78, 5) is 2.66. The van der Waals surface area contributed by atoms with Crippen molar-refractivity contribution in [2.45, 2.75) is 71.5 Å². The van der Waals surface area contributed by atoms with Crippen LogP contribution in [0.1, 0.15) is 59.3 Å². The van der Waals surface area contributed by atoms with Crippen molar-refractivity contribution in [2.75, 3.05) is 32.7 Å². The molecular formula is C17H34N2O. The van der Waals surface area contributed by atoms with Gasteiger partial charge in [0.2, 0.25) is 0 Å². The minimum absolute atomic E-state index is 0.392. The van der Waals surface area contributed by atoms with E-state index in [0.29, 0.717) is 17.6 Å². The second-order valence-electron chi connectivity index (χ2n) is 7.19. The van der Waals surface area contributed by atoms with E-state index in [2.05, 4.69) is 31.0 Å². The van der Waals surface area contributed by atoms with Gasteiger partial charge in [-0.2, -0.15) is 0 Å². The topological polar surface area (TPSA) is 24.5 Å². The molecule has 0 aromatic carbocycles. The van der Waals surface area contributed by atoms with Gasteiger partial charge >= 0.3 is 0 Å². The fourth-order valence-electron chi connectivity index (χ4n) is 4.11. The summed E-state index contributed by atoms with van der Waals surface area (Å²) in [5.74, 6) is 0. The zero-order chi connectivity index (χ0) is 14.4. The highest BCUT2D eigenvalue weighted by Crippen LogP contribution is 2.37. The molecule has 1 aliphatic heterocycles. The predicted molar refractivity (Wildman–Crippen MR) is 85.1 cm³/mol. The summed E-state index contributed by atoms with van der Waals surface area (Å²) in [7, 11) is 0. The molecule has 20 heavy (non-hydrogen) atoms. The van der Waals surface area contributed by atoms with Gasteiger partial charge < -0.3 is 10.1 Å². The van der Waals surface area contributed by atoms with E-state index >= 15 is 0 Å². The highest BCUT2D eigenvalue weighted by molar-refractivity contribution is 4.89. The SMILES string of the molecule is CCCNCC1(CN2C[C@@H](C)O[C@@H](C)C2)CCCCC1. The quantitative estimate of drug-likeness (QED) is 0.758. The lowest BCUT2D eigenvalue weighted by Crippen LogP contribution is -2.52. The van der Waals surface area contributed by atoms with Gasteiger partial charge in [-0.15, -0.1) is 0 Å². The standard InChI is InChI=1S/C17H34N2O/c1-4-10-18-13-17(8-6-5-7-9-17)14-19-11-15(2)20-16(3)12-19/h15-16,18H,4-14H2,1-3H3/t15-,16+. The van der Waals surface area contributed by atoms with Crippen LogP contribution in [-0.4, -0.2) is 49.8 Å². The van der Waals surface area contributed by atoms with Crippen LogP contribution in [0.3, 0.4) is 0 Å². The van der Waals surface area contributed by atoms with Crippen molar-refractivity contribution in [1.82, 2.24) is 10.2 Å². The molecule has 0 spiro atoms. The third-order valence-corrected chi connectivity index (χ3v) is 4.90. The Balaban J connectivity index is 1.92. The lowest BCUT2D eigenvalue weighted by molar-refractivity contribution is -0.0803. The van der Waals surface area contributed by atoms with E-state index < -0.39 is 0 Å². The maximum atomic E-state index is 5.88. The van der Waals surface area contributed by atoms with Gasteiger partial charge in [-0.25, -0.2) is 0 Å². The Morgan fingerprint density at radius 3 is 2.35 bits per heavy atom. The molecule has 2 aliphatic rings. The average Bonchev–Trinajstić information content (AvgIpc) is 2.38. The van der Waals surface area contributed by atoms with Crippen molar-refractivity contribution in [3.63, 3.8) is 0 Å². The van der Waals surface area contributed by atoms with Crippen LogP contribution in [0.4, 0.5) is 0 Å². The number of nitrogens with one attached hydrogen (secondary N) is 1. The van der Waals surface area contributed by atoms with E-state index in [-0.39, 0.29) is 0 Å². The molecule has 118 valence electrons. The summed E-state index contributed by atoms with van der Waals surface area (Å²) in [5.41, 5.74) is 0.518. The molecule has 0 unspecified atom stereocenters. The van der Waals surface area contributed by atoms with Crippen LogP contribution in [-0.2, 0) is 4.74 Å². The molecule has 3 heteroatoms. The smallest absolute Gasteiger partial charge is 0.0678 e. The predicted octanol–water partition coefficient (Wildman–Crippen LogP) is 3.05. The Morgan fingerprint density at radius 1 is 1.10 bits per heavy atom. The molecule has 2 fully saturated rings. The summed E-state index contributed by atoms with van der Waals surface area (Å²) in [6.45, 7) is 12.5. The molecule has 0 aromatic heterocycles. The van der Waals surface area contributed by atoms with Crippen LogP contribution < -0.4 is 5.32 Å². The minimum atomic E-state index is 0.392. The summed E-state index contributed by atoms with van der Waals surface area (Å²) < 4.78 is 5.88. The second kappa shape index (κ2) is 7.77. The number of hydrogen-bond acceptors (Lipinski definition) is 3. The molecule has 2 rings (SSSR count). The molecule has 0 bridgehead atoms.